The zero-order valence-electron chi connectivity index (χ0n) is 11.2. The highest BCUT2D eigenvalue weighted by molar-refractivity contribution is 5.26. The van der Waals surface area contributed by atoms with Crippen molar-refractivity contribution in [2.24, 2.45) is 0 Å². The van der Waals surface area contributed by atoms with Gasteiger partial charge in [-0.15, -0.1) is 0 Å². The van der Waals surface area contributed by atoms with Crippen LogP contribution in [0.25, 0.3) is 0 Å². The van der Waals surface area contributed by atoms with Gasteiger partial charge in [-0.25, -0.2) is 0 Å². The minimum Gasteiger partial charge on any atom is -0.497 e. The van der Waals surface area contributed by atoms with Gasteiger partial charge in [0.2, 0.25) is 0 Å². The van der Waals surface area contributed by atoms with E-state index in [2.05, 4.69) is 0 Å². The predicted octanol–water partition coefficient (Wildman–Crippen LogP) is 1.07. The van der Waals surface area contributed by atoms with Gasteiger partial charge in [0.15, 0.2) is 6.29 Å². The SMILES string of the molecule is COc1ccc(CO[C@H]2C[C@@H](O)O[C@@H](C)[C@H]2O)cc1. The second-order valence-corrected chi connectivity index (χ2v) is 4.72. The van der Waals surface area contributed by atoms with Gasteiger partial charge in [0.25, 0.3) is 0 Å². The smallest absolute Gasteiger partial charge is 0.157 e. The average molecular weight is 268 g/mol. The number of ether oxygens (including phenoxy) is 3. The average Bonchev–Trinajstić information content (AvgIpc) is 2.41. The number of hydrogen-bond acceptors (Lipinski definition) is 5. The highest BCUT2D eigenvalue weighted by Crippen LogP contribution is 2.22. The zero-order valence-corrected chi connectivity index (χ0v) is 11.2. The molecule has 0 amide bonds. The first kappa shape index (κ1) is 14.3. The molecular formula is C14H20O5. The van der Waals surface area contributed by atoms with E-state index in [9.17, 15) is 10.2 Å². The van der Waals surface area contributed by atoms with Gasteiger partial charge < -0.3 is 24.4 Å². The summed E-state index contributed by atoms with van der Waals surface area (Å²) < 4.78 is 15.9. The fraction of sp³-hybridized carbons (Fsp3) is 0.571. The van der Waals surface area contributed by atoms with Crippen molar-refractivity contribution >= 4 is 0 Å². The summed E-state index contributed by atoms with van der Waals surface area (Å²) in [5, 5.41) is 19.4. The molecule has 19 heavy (non-hydrogen) atoms. The van der Waals surface area contributed by atoms with Crippen LogP contribution in [0.4, 0.5) is 0 Å². The van der Waals surface area contributed by atoms with Crippen LogP contribution in [0.3, 0.4) is 0 Å². The molecule has 2 N–H and O–H groups in total. The van der Waals surface area contributed by atoms with Crippen LogP contribution < -0.4 is 4.74 Å². The maximum atomic E-state index is 9.93. The molecule has 0 aromatic heterocycles. The van der Waals surface area contributed by atoms with Gasteiger partial charge in [-0.3, -0.25) is 0 Å². The van der Waals surface area contributed by atoms with E-state index in [1.54, 1.807) is 14.0 Å². The van der Waals surface area contributed by atoms with Crippen molar-refractivity contribution in [3.05, 3.63) is 29.8 Å². The molecule has 0 unspecified atom stereocenters. The second kappa shape index (κ2) is 6.34. The first-order chi connectivity index (χ1) is 9.10. The third-order valence-electron chi connectivity index (χ3n) is 3.29. The number of rotatable bonds is 4. The molecule has 5 nitrogen and oxygen atoms in total. The van der Waals surface area contributed by atoms with E-state index in [0.29, 0.717) is 6.61 Å². The highest BCUT2D eigenvalue weighted by atomic mass is 16.6. The normalized spacial score (nSPS) is 31.2. The van der Waals surface area contributed by atoms with Gasteiger partial charge in [-0.1, -0.05) is 12.1 Å². The summed E-state index contributed by atoms with van der Waals surface area (Å²) in [6, 6.07) is 7.53. The molecule has 0 aliphatic carbocycles. The van der Waals surface area contributed by atoms with Crippen molar-refractivity contribution < 1.29 is 24.4 Å². The van der Waals surface area contributed by atoms with Crippen molar-refractivity contribution in [2.75, 3.05) is 7.11 Å². The molecule has 2 rings (SSSR count). The quantitative estimate of drug-likeness (QED) is 0.855. The fourth-order valence-electron chi connectivity index (χ4n) is 2.12. The number of methoxy groups -OCH3 is 1. The third-order valence-corrected chi connectivity index (χ3v) is 3.29. The summed E-state index contributed by atoms with van der Waals surface area (Å²) in [4.78, 5) is 0. The van der Waals surface area contributed by atoms with Crippen LogP contribution in [0, 0.1) is 0 Å². The Balaban J connectivity index is 1.89. The van der Waals surface area contributed by atoms with Crippen molar-refractivity contribution in [3.8, 4) is 5.75 Å². The Kier molecular flexibility index (Phi) is 4.76. The molecule has 1 aliphatic rings. The minimum absolute atomic E-state index is 0.279. The maximum absolute atomic E-state index is 9.93. The summed E-state index contributed by atoms with van der Waals surface area (Å²) in [5.41, 5.74) is 0.988. The Morgan fingerprint density at radius 2 is 1.95 bits per heavy atom. The summed E-state index contributed by atoms with van der Waals surface area (Å²) in [7, 11) is 1.62. The minimum atomic E-state index is -0.876. The van der Waals surface area contributed by atoms with E-state index in [-0.39, 0.29) is 6.42 Å². The van der Waals surface area contributed by atoms with Crippen LogP contribution >= 0.6 is 0 Å². The van der Waals surface area contributed by atoms with Crippen LogP contribution in [-0.4, -0.2) is 41.9 Å². The van der Waals surface area contributed by atoms with Crippen LogP contribution in [0.15, 0.2) is 24.3 Å². The van der Waals surface area contributed by atoms with Crippen LogP contribution in [0.2, 0.25) is 0 Å². The van der Waals surface area contributed by atoms with E-state index in [0.717, 1.165) is 11.3 Å². The molecule has 1 saturated heterocycles. The lowest BCUT2D eigenvalue weighted by Crippen LogP contribution is -2.47. The number of hydrogen-bond donors (Lipinski definition) is 2. The molecule has 1 fully saturated rings. The Labute approximate surface area is 112 Å². The highest BCUT2D eigenvalue weighted by Gasteiger charge is 2.35. The second-order valence-electron chi connectivity index (χ2n) is 4.72. The molecule has 0 radical (unpaired) electrons. The maximum Gasteiger partial charge on any atom is 0.157 e. The molecule has 106 valence electrons. The summed E-state index contributed by atoms with van der Waals surface area (Å²) in [6.45, 7) is 2.10. The monoisotopic (exact) mass is 268 g/mol. The number of benzene rings is 1. The first-order valence-corrected chi connectivity index (χ1v) is 6.36. The summed E-state index contributed by atoms with van der Waals surface area (Å²) in [5.74, 6) is 0.791. The Hall–Kier alpha value is -1.14. The lowest BCUT2D eigenvalue weighted by atomic mass is 10.0. The van der Waals surface area contributed by atoms with Crippen LogP contribution in [-0.2, 0) is 16.1 Å². The van der Waals surface area contributed by atoms with Crippen molar-refractivity contribution in [3.63, 3.8) is 0 Å². The molecular weight excluding hydrogens is 248 g/mol. The first-order valence-electron chi connectivity index (χ1n) is 6.36. The molecule has 0 saturated carbocycles. The Morgan fingerprint density at radius 3 is 2.58 bits per heavy atom. The van der Waals surface area contributed by atoms with E-state index >= 15 is 0 Å². The fourth-order valence-corrected chi connectivity index (χ4v) is 2.12. The number of aliphatic hydroxyl groups is 2. The molecule has 4 atom stereocenters. The van der Waals surface area contributed by atoms with Gasteiger partial charge in [0.1, 0.15) is 11.9 Å². The van der Waals surface area contributed by atoms with Crippen LogP contribution in [0.1, 0.15) is 18.9 Å². The van der Waals surface area contributed by atoms with Crippen molar-refractivity contribution in [1.82, 2.24) is 0 Å². The van der Waals surface area contributed by atoms with Gasteiger partial charge in [0, 0.05) is 6.42 Å². The van der Waals surface area contributed by atoms with E-state index < -0.39 is 24.6 Å². The lowest BCUT2D eigenvalue weighted by molar-refractivity contribution is -0.238. The molecule has 1 aliphatic heterocycles. The van der Waals surface area contributed by atoms with E-state index in [1.165, 1.54) is 0 Å². The third kappa shape index (κ3) is 3.67. The van der Waals surface area contributed by atoms with E-state index in [1.807, 2.05) is 24.3 Å². The van der Waals surface area contributed by atoms with Crippen molar-refractivity contribution in [2.45, 2.75) is 44.6 Å². The van der Waals surface area contributed by atoms with Crippen molar-refractivity contribution in [1.29, 1.82) is 0 Å². The van der Waals surface area contributed by atoms with Gasteiger partial charge >= 0.3 is 0 Å². The summed E-state index contributed by atoms with van der Waals surface area (Å²) in [6.07, 6.45) is -2.16. The molecule has 1 heterocycles. The number of aliphatic hydroxyl groups excluding tert-OH is 2. The summed E-state index contributed by atoms with van der Waals surface area (Å²) >= 11 is 0. The Morgan fingerprint density at radius 1 is 1.26 bits per heavy atom. The molecule has 1 aromatic carbocycles. The predicted molar refractivity (Wildman–Crippen MR) is 68.7 cm³/mol. The van der Waals surface area contributed by atoms with Gasteiger partial charge in [-0.2, -0.15) is 0 Å². The van der Waals surface area contributed by atoms with E-state index in [4.69, 9.17) is 14.2 Å². The zero-order chi connectivity index (χ0) is 13.8. The molecule has 1 aromatic rings. The van der Waals surface area contributed by atoms with Gasteiger partial charge in [-0.05, 0) is 24.6 Å². The van der Waals surface area contributed by atoms with Gasteiger partial charge in [0.05, 0.1) is 25.9 Å². The standard InChI is InChI=1S/C14H20O5/c1-9-14(16)12(7-13(15)19-9)18-8-10-3-5-11(17-2)6-4-10/h3-6,9,12-16H,7-8H2,1-2H3/t9-,12-,13-,14+/m0/s1. The Bertz CT molecular complexity index is 391. The lowest BCUT2D eigenvalue weighted by Gasteiger charge is -2.35. The topological polar surface area (TPSA) is 68.2 Å². The molecule has 0 bridgehead atoms. The molecule has 0 spiro atoms. The molecule has 5 heteroatoms. The van der Waals surface area contributed by atoms with Crippen LogP contribution in [0.5, 0.6) is 5.75 Å². The largest absolute Gasteiger partial charge is 0.497 e.